The van der Waals surface area contributed by atoms with Gasteiger partial charge in [-0.1, -0.05) is 34.6 Å². The Balaban J connectivity index is 4.41. The molecule has 1 unspecified atom stereocenters. The van der Waals surface area contributed by atoms with E-state index in [2.05, 4.69) is 34.6 Å². The van der Waals surface area contributed by atoms with Crippen LogP contribution in [0.25, 0.3) is 0 Å². The number of carbonyl (C=O) groups excluding carboxylic acids is 1. The van der Waals surface area contributed by atoms with Gasteiger partial charge in [-0.2, -0.15) is 0 Å². The molecule has 0 heterocycles. The third-order valence-corrected chi connectivity index (χ3v) is 3.52. The zero-order valence-electron chi connectivity index (χ0n) is 14.7. The van der Waals surface area contributed by atoms with Gasteiger partial charge in [0, 0.05) is 13.0 Å². The molecule has 0 rings (SSSR count). The van der Waals surface area contributed by atoms with E-state index in [-0.39, 0.29) is 22.9 Å². The zero-order valence-corrected chi connectivity index (χ0v) is 14.7. The molecule has 20 heavy (non-hydrogen) atoms. The molecule has 0 aliphatic rings. The molecule has 0 aromatic heterocycles. The highest BCUT2D eigenvalue weighted by Gasteiger charge is 2.33. The topological polar surface area (TPSA) is 35.5 Å². The molecular formula is C17H34O3. The molecular weight excluding hydrogens is 252 g/mol. The average Bonchev–Trinajstić information content (AvgIpc) is 2.23. The van der Waals surface area contributed by atoms with Gasteiger partial charge in [0.05, 0.1) is 18.1 Å². The van der Waals surface area contributed by atoms with Crippen LogP contribution in [0.5, 0.6) is 0 Å². The van der Waals surface area contributed by atoms with Gasteiger partial charge < -0.3 is 9.47 Å². The third-order valence-electron chi connectivity index (χ3n) is 3.52. The van der Waals surface area contributed by atoms with Crippen molar-refractivity contribution in [2.45, 2.75) is 73.8 Å². The summed E-state index contributed by atoms with van der Waals surface area (Å²) in [5, 5.41) is 0. The van der Waals surface area contributed by atoms with Gasteiger partial charge in [-0.25, -0.2) is 0 Å². The SMILES string of the molecule is CCOC(C)(C)CCOC(=O)C(CC(C)C)C(C)(C)C. The molecule has 0 radical (unpaired) electrons. The molecule has 0 aliphatic carbocycles. The molecule has 0 saturated carbocycles. The maximum atomic E-state index is 12.3. The minimum absolute atomic E-state index is 0.0438. The highest BCUT2D eigenvalue weighted by atomic mass is 16.5. The zero-order chi connectivity index (χ0) is 16.0. The summed E-state index contributed by atoms with van der Waals surface area (Å²) < 4.78 is 11.1. The first-order chi connectivity index (χ1) is 8.99. The average molecular weight is 286 g/mol. The Kier molecular flexibility index (Phi) is 7.79. The van der Waals surface area contributed by atoms with Gasteiger partial charge in [0.25, 0.3) is 0 Å². The second kappa shape index (κ2) is 8.02. The van der Waals surface area contributed by atoms with Crippen molar-refractivity contribution < 1.29 is 14.3 Å². The summed E-state index contributed by atoms with van der Waals surface area (Å²) in [6.07, 6.45) is 1.60. The number of rotatable bonds is 8. The lowest BCUT2D eigenvalue weighted by atomic mass is 9.76. The Morgan fingerprint density at radius 2 is 1.65 bits per heavy atom. The highest BCUT2D eigenvalue weighted by Crippen LogP contribution is 2.32. The summed E-state index contributed by atoms with van der Waals surface area (Å²) in [7, 11) is 0. The Labute approximate surface area is 125 Å². The molecule has 0 amide bonds. The van der Waals surface area contributed by atoms with E-state index in [4.69, 9.17) is 9.47 Å². The lowest BCUT2D eigenvalue weighted by Crippen LogP contribution is -2.33. The van der Waals surface area contributed by atoms with E-state index in [0.717, 1.165) is 12.8 Å². The molecule has 0 bridgehead atoms. The molecule has 3 nitrogen and oxygen atoms in total. The predicted octanol–water partition coefficient (Wildman–Crippen LogP) is 4.44. The Morgan fingerprint density at radius 1 is 1.10 bits per heavy atom. The van der Waals surface area contributed by atoms with Crippen LogP contribution in [0.2, 0.25) is 0 Å². The van der Waals surface area contributed by atoms with Crippen LogP contribution in [0.4, 0.5) is 0 Å². The van der Waals surface area contributed by atoms with Crippen LogP contribution in [0.15, 0.2) is 0 Å². The summed E-state index contributed by atoms with van der Waals surface area (Å²) in [6, 6.07) is 0. The molecule has 0 aliphatic heterocycles. The van der Waals surface area contributed by atoms with Crippen LogP contribution in [0, 0.1) is 17.3 Å². The van der Waals surface area contributed by atoms with Crippen molar-refractivity contribution in [3.05, 3.63) is 0 Å². The number of hydrogen-bond donors (Lipinski definition) is 0. The van der Waals surface area contributed by atoms with E-state index in [1.54, 1.807) is 0 Å². The van der Waals surface area contributed by atoms with Crippen LogP contribution in [-0.4, -0.2) is 24.8 Å². The molecule has 120 valence electrons. The first kappa shape index (κ1) is 19.4. The molecule has 3 heteroatoms. The number of hydrogen-bond acceptors (Lipinski definition) is 3. The van der Waals surface area contributed by atoms with E-state index >= 15 is 0 Å². The summed E-state index contributed by atoms with van der Waals surface area (Å²) >= 11 is 0. The van der Waals surface area contributed by atoms with Crippen LogP contribution in [0.3, 0.4) is 0 Å². The van der Waals surface area contributed by atoms with Gasteiger partial charge in [-0.05, 0) is 38.5 Å². The standard InChI is InChI=1S/C17H34O3/c1-9-20-17(7,8)10-11-19-15(18)14(12-13(2)3)16(4,5)6/h13-14H,9-12H2,1-8H3. The molecule has 0 fully saturated rings. The smallest absolute Gasteiger partial charge is 0.309 e. The maximum Gasteiger partial charge on any atom is 0.309 e. The highest BCUT2D eigenvalue weighted by molar-refractivity contribution is 5.73. The van der Waals surface area contributed by atoms with Gasteiger partial charge >= 0.3 is 5.97 Å². The van der Waals surface area contributed by atoms with E-state index in [9.17, 15) is 4.79 Å². The molecule has 0 saturated heterocycles. The Morgan fingerprint density at radius 3 is 2.05 bits per heavy atom. The second-order valence-corrected chi connectivity index (χ2v) is 7.66. The molecule has 0 N–H and O–H groups in total. The van der Waals surface area contributed by atoms with Crippen LogP contribution in [0.1, 0.15) is 68.2 Å². The number of ether oxygens (including phenoxy) is 2. The van der Waals surface area contributed by atoms with Crippen LogP contribution < -0.4 is 0 Å². The molecule has 1 atom stereocenters. The van der Waals surface area contributed by atoms with Crippen molar-refractivity contribution in [3.8, 4) is 0 Å². The minimum Gasteiger partial charge on any atom is -0.465 e. The normalized spacial score (nSPS) is 14.4. The van der Waals surface area contributed by atoms with Crippen molar-refractivity contribution in [1.82, 2.24) is 0 Å². The van der Waals surface area contributed by atoms with Crippen molar-refractivity contribution in [1.29, 1.82) is 0 Å². The van der Waals surface area contributed by atoms with Gasteiger partial charge in [0.2, 0.25) is 0 Å². The summed E-state index contributed by atoms with van der Waals surface area (Å²) in [5.74, 6) is 0.378. The van der Waals surface area contributed by atoms with E-state index < -0.39 is 0 Å². The van der Waals surface area contributed by atoms with Crippen molar-refractivity contribution in [3.63, 3.8) is 0 Å². The maximum absolute atomic E-state index is 12.3. The van der Waals surface area contributed by atoms with Gasteiger partial charge in [0.15, 0.2) is 0 Å². The lowest BCUT2D eigenvalue weighted by molar-refractivity contribution is -0.155. The summed E-state index contributed by atoms with van der Waals surface area (Å²) in [4.78, 5) is 12.3. The first-order valence-corrected chi connectivity index (χ1v) is 7.80. The van der Waals surface area contributed by atoms with E-state index in [0.29, 0.717) is 19.1 Å². The molecule has 0 aromatic carbocycles. The first-order valence-electron chi connectivity index (χ1n) is 7.80. The Bertz CT molecular complexity index is 287. The fourth-order valence-electron chi connectivity index (χ4n) is 2.24. The number of carbonyl (C=O) groups is 1. The van der Waals surface area contributed by atoms with E-state index in [1.165, 1.54) is 0 Å². The van der Waals surface area contributed by atoms with Crippen LogP contribution in [-0.2, 0) is 14.3 Å². The lowest BCUT2D eigenvalue weighted by Gasteiger charge is -2.31. The predicted molar refractivity (Wildman–Crippen MR) is 83.7 cm³/mol. The largest absolute Gasteiger partial charge is 0.465 e. The van der Waals surface area contributed by atoms with Gasteiger partial charge in [-0.15, -0.1) is 0 Å². The monoisotopic (exact) mass is 286 g/mol. The third kappa shape index (κ3) is 7.88. The Hall–Kier alpha value is -0.570. The second-order valence-electron chi connectivity index (χ2n) is 7.66. The quantitative estimate of drug-likeness (QED) is 0.619. The van der Waals surface area contributed by atoms with Crippen molar-refractivity contribution >= 4 is 5.97 Å². The van der Waals surface area contributed by atoms with Crippen molar-refractivity contribution in [2.75, 3.05) is 13.2 Å². The number of esters is 1. The minimum atomic E-state index is -0.232. The fraction of sp³-hybridized carbons (Fsp3) is 0.941. The van der Waals surface area contributed by atoms with Gasteiger partial charge in [0.1, 0.15) is 0 Å². The fourth-order valence-corrected chi connectivity index (χ4v) is 2.24. The summed E-state index contributed by atoms with van der Waals surface area (Å²) in [5.41, 5.74) is -0.291. The summed E-state index contributed by atoms with van der Waals surface area (Å²) in [6.45, 7) is 17.7. The van der Waals surface area contributed by atoms with E-state index in [1.807, 2.05) is 20.8 Å². The van der Waals surface area contributed by atoms with Crippen LogP contribution >= 0.6 is 0 Å². The molecule has 0 aromatic rings. The van der Waals surface area contributed by atoms with Crippen molar-refractivity contribution in [2.24, 2.45) is 17.3 Å². The van der Waals surface area contributed by atoms with Gasteiger partial charge in [-0.3, -0.25) is 4.79 Å². The molecule has 0 spiro atoms.